The Balaban J connectivity index is 2.43. The van der Waals surface area contributed by atoms with Gasteiger partial charge < -0.3 is 15.4 Å². The van der Waals surface area contributed by atoms with Gasteiger partial charge in [0, 0.05) is 34.6 Å². The Bertz CT molecular complexity index is 563. The number of methoxy groups -OCH3 is 1. The van der Waals surface area contributed by atoms with Crippen molar-refractivity contribution in [2.75, 3.05) is 12.4 Å². The van der Waals surface area contributed by atoms with E-state index in [4.69, 9.17) is 27.9 Å². The van der Waals surface area contributed by atoms with Crippen LogP contribution in [-0.2, 0) is 14.3 Å². The Morgan fingerprint density at radius 1 is 1.40 bits per heavy atom. The van der Waals surface area contributed by atoms with Gasteiger partial charge in [-0.3, -0.25) is 4.79 Å². The second-order valence-electron chi connectivity index (χ2n) is 4.56. The Labute approximate surface area is 126 Å². The molecule has 5 nitrogen and oxygen atoms in total. The van der Waals surface area contributed by atoms with Crippen LogP contribution < -0.4 is 10.6 Å². The zero-order valence-corrected chi connectivity index (χ0v) is 12.5. The van der Waals surface area contributed by atoms with Gasteiger partial charge in [0.1, 0.15) is 6.04 Å². The van der Waals surface area contributed by atoms with E-state index in [1.165, 1.54) is 14.0 Å². The van der Waals surface area contributed by atoms with Crippen molar-refractivity contribution in [1.29, 1.82) is 0 Å². The van der Waals surface area contributed by atoms with Crippen molar-refractivity contribution in [2.24, 2.45) is 0 Å². The molecule has 1 aliphatic rings. The largest absolute Gasteiger partial charge is 0.467 e. The molecule has 0 saturated heterocycles. The van der Waals surface area contributed by atoms with Crippen molar-refractivity contribution in [3.63, 3.8) is 0 Å². The molecule has 7 heteroatoms. The first-order valence-electron chi connectivity index (χ1n) is 6.02. The zero-order valence-electron chi connectivity index (χ0n) is 11.0. The zero-order chi connectivity index (χ0) is 14.9. The minimum absolute atomic E-state index is 0.197. The van der Waals surface area contributed by atoms with Crippen LogP contribution >= 0.6 is 23.2 Å². The molecule has 108 valence electrons. The second kappa shape index (κ2) is 5.89. The topological polar surface area (TPSA) is 67.4 Å². The van der Waals surface area contributed by atoms with Gasteiger partial charge in [0.2, 0.25) is 5.91 Å². The Morgan fingerprint density at radius 2 is 2.10 bits per heavy atom. The van der Waals surface area contributed by atoms with Crippen molar-refractivity contribution in [1.82, 2.24) is 5.32 Å². The minimum atomic E-state index is -0.557. The molecule has 0 fully saturated rings. The number of carbonyl (C=O) groups is 2. The summed E-state index contributed by atoms with van der Waals surface area (Å²) in [6.07, 6.45) is 0.362. The van der Waals surface area contributed by atoms with E-state index in [1.807, 2.05) is 0 Å². The van der Waals surface area contributed by atoms with Crippen LogP contribution in [0.15, 0.2) is 12.1 Å². The highest BCUT2D eigenvalue weighted by Crippen LogP contribution is 2.39. The molecule has 2 unspecified atom stereocenters. The molecule has 1 aromatic rings. The van der Waals surface area contributed by atoms with Gasteiger partial charge in [-0.1, -0.05) is 23.2 Å². The van der Waals surface area contributed by atoms with E-state index >= 15 is 0 Å². The van der Waals surface area contributed by atoms with Gasteiger partial charge in [-0.2, -0.15) is 0 Å². The van der Waals surface area contributed by atoms with Crippen molar-refractivity contribution in [2.45, 2.75) is 25.4 Å². The number of nitrogens with one attached hydrogen (secondary N) is 2. The fourth-order valence-corrected chi connectivity index (χ4v) is 2.96. The van der Waals surface area contributed by atoms with Gasteiger partial charge in [0.15, 0.2) is 0 Å². The van der Waals surface area contributed by atoms with Crippen molar-refractivity contribution >= 4 is 40.8 Å². The van der Waals surface area contributed by atoms with Crippen molar-refractivity contribution in [3.05, 3.63) is 27.7 Å². The fourth-order valence-electron chi connectivity index (χ4n) is 2.33. The van der Waals surface area contributed by atoms with Crippen LogP contribution in [0.2, 0.25) is 10.0 Å². The second-order valence-corrected chi connectivity index (χ2v) is 5.40. The molecule has 1 aromatic carbocycles. The average Bonchev–Trinajstić information content (AvgIpc) is 2.35. The van der Waals surface area contributed by atoms with Crippen LogP contribution in [0.3, 0.4) is 0 Å². The van der Waals surface area contributed by atoms with Crippen LogP contribution in [0.25, 0.3) is 0 Å². The number of benzene rings is 1. The summed E-state index contributed by atoms with van der Waals surface area (Å²) in [7, 11) is 1.32. The first-order chi connectivity index (χ1) is 9.42. The quantitative estimate of drug-likeness (QED) is 0.823. The number of ether oxygens (including phenoxy) is 1. The first-order valence-corrected chi connectivity index (χ1v) is 6.78. The number of carbonyl (C=O) groups excluding carboxylic acids is 2. The number of amides is 1. The maximum atomic E-state index is 11.7. The Hall–Kier alpha value is -1.46. The van der Waals surface area contributed by atoms with Crippen LogP contribution in [0.5, 0.6) is 0 Å². The molecule has 0 spiro atoms. The molecule has 0 saturated carbocycles. The van der Waals surface area contributed by atoms with Crippen molar-refractivity contribution in [3.8, 4) is 0 Å². The molecule has 2 N–H and O–H groups in total. The molecule has 1 heterocycles. The lowest BCUT2D eigenvalue weighted by atomic mass is 9.92. The lowest BCUT2D eigenvalue weighted by molar-refractivity contribution is -0.142. The maximum absolute atomic E-state index is 11.7. The van der Waals surface area contributed by atoms with E-state index in [-0.39, 0.29) is 11.9 Å². The summed E-state index contributed by atoms with van der Waals surface area (Å²) in [6.45, 7) is 1.42. The first kappa shape index (κ1) is 14.9. The monoisotopic (exact) mass is 316 g/mol. The predicted octanol–water partition coefficient (Wildman–Crippen LogP) is 2.53. The maximum Gasteiger partial charge on any atom is 0.328 e. The third-order valence-electron chi connectivity index (χ3n) is 3.11. The van der Waals surface area contributed by atoms with Crippen LogP contribution in [-0.4, -0.2) is 25.0 Å². The number of esters is 1. The number of rotatable bonds is 2. The molecule has 0 aromatic heterocycles. The lowest BCUT2D eigenvalue weighted by Gasteiger charge is -2.32. The van der Waals surface area contributed by atoms with Gasteiger partial charge >= 0.3 is 5.97 Å². The van der Waals surface area contributed by atoms with Gasteiger partial charge in [-0.15, -0.1) is 0 Å². The average molecular weight is 317 g/mol. The molecule has 0 aliphatic carbocycles. The highest BCUT2D eigenvalue weighted by Gasteiger charge is 2.33. The molecule has 0 bridgehead atoms. The normalized spacial score (nSPS) is 20.6. The molecule has 0 radical (unpaired) electrons. The minimum Gasteiger partial charge on any atom is -0.467 e. The number of fused-ring (bicyclic) bond motifs is 1. The molecule has 1 aliphatic heterocycles. The van der Waals surface area contributed by atoms with Gasteiger partial charge in [-0.25, -0.2) is 4.79 Å². The summed E-state index contributed by atoms with van der Waals surface area (Å²) in [5.74, 6) is -0.598. The standard InChI is InChI=1S/C13H14Cl2N2O3/c1-6(18)16-10-5-11(13(19)20-2)17-9-4-7(14)3-8(15)12(9)10/h3-4,10-11,17H,5H2,1-2H3,(H,16,18). The number of hydrogen-bond donors (Lipinski definition) is 2. The molecule has 2 atom stereocenters. The van der Waals surface area contributed by atoms with Crippen LogP contribution in [0, 0.1) is 0 Å². The smallest absolute Gasteiger partial charge is 0.328 e. The van der Waals surface area contributed by atoms with E-state index in [2.05, 4.69) is 10.6 Å². The number of hydrogen-bond acceptors (Lipinski definition) is 4. The van der Waals surface area contributed by atoms with Gasteiger partial charge in [-0.05, 0) is 12.1 Å². The fraction of sp³-hybridized carbons (Fsp3) is 0.385. The summed E-state index contributed by atoms with van der Waals surface area (Å²) in [4.78, 5) is 23.0. The van der Waals surface area contributed by atoms with E-state index in [0.29, 0.717) is 22.2 Å². The molecular formula is C13H14Cl2N2O3. The van der Waals surface area contributed by atoms with E-state index in [9.17, 15) is 9.59 Å². The van der Waals surface area contributed by atoms with E-state index in [0.717, 1.165) is 5.56 Å². The molecule has 2 rings (SSSR count). The third-order valence-corrected chi connectivity index (χ3v) is 3.64. The molecular weight excluding hydrogens is 303 g/mol. The highest BCUT2D eigenvalue weighted by molar-refractivity contribution is 6.35. The number of anilines is 1. The highest BCUT2D eigenvalue weighted by atomic mass is 35.5. The van der Waals surface area contributed by atoms with Crippen LogP contribution in [0.1, 0.15) is 24.9 Å². The Morgan fingerprint density at radius 3 is 2.70 bits per heavy atom. The molecule has 20 heavy (non-hydrogen) atoms. The summed E-state index contributed by atoms with van der Waals surface area (Å²) in [5, 5.41) is 6.73. The van der Waals surface area contributed by atoms with Crippen molar-refractivity contribution < 1.29 is 14.3 Å². The van der Waals surface area contributed by atoms with Gasteiger partial charge in [0.05, 0.1) is 13.2 Å². The SMILES string of the molecule is COC(=O)C1CC(NC(C)=O)c2c(Cl)cc(Cl)cc2N1. The lowest BCUT2D eigenvalue weighted by Crippen LogP contribution is -2.41. The number of halogens is 2. The third kappa shape index (κ3) is 2.99. The van der Waals surface area contributed by atoms with E-state index in [1.54, 1.807) is 12.1 Å². The summed E-state index contributed by atoms with van der Waals surface area (Å²) in [6, 6.07) is 2.36. The summed E-state index contributed by atoms with van der Waals surface area (Å²) >= 11 is 12.2. The summed E-state index contributed by atoms with van der Waals surface area (Å²) in [5.41, 5.74) is 1.36. The van der Waals surface area contributed by atoms with Crippen LogP contribution in [0.4, 0.5) is 5.69 Å². The van der Waals surface area contributed by atoms with Gasteiger partial charge in [0.25, 0.3) is 0 Å². The molecule has 1 amide bonds. The predicted molar refractivity (Wildman–Crippen MR) is 77.1 cm³/mol. The summed E-state index contributed by atoms with van der Waals surface area (Å²) < 4.78 is 4.74. The van der Waals surface area contributed by atoms with E-state index < -0.39 is 12.0 Å². The Kier molecular flexibility index (Phi) is 4.40.